The molecular formula is C14H18N2O5. The molecule has 1 saturated heterocycles. The highest BCUT2D eigenvalue weighted by Crippen LogP contribution is 2.39. The van der Waals surface area contributed by atoms with Gasteiger partial charge in [-0.1, -0.05) is 6.07 Å². The summed E-state index contributed by atoms with van der Waals surface area (Å²) >= 11 is 0. The summed E-state index contributed by atoms with van der Waals surface area (Å²) in [4.78, 5) is 24.3. The molecule has 7 nitrogen and oxygen atoms in total. The van der Waals surface area contributed by atoms with E-state index in [4.69, 9.17) is 9.47 Å². The highest BCUT2D eigenvalue weighted by molar-refractivity contribution is 5.76. The number of carbonyl (C=O) groups excluding carboxylic acids is 1. The van der Waals surface area contributed by atoms with Crippen LogP contribution in [0.25, 0.3) is 0 Å². The molecular weight excluding hydrogens is 276 g/mol. The number of methoxy groups -OCH3 is 1. The Labute approximate surface area is 122 Å². The van der Waals surface area contributed by atoms with Crippen LogP contribution in [-0.4, -0.2) is 37.7 Å². The number of hydrogen-bond donors (Lipinski definition) is 0. The number of hydrogen-bond acceptors (Lipinski definition) is 6. The molecule has 7 heteroatoms. The smallest absolute Gasteiger partial charge is 0.333 e. The van der Waals surface area contributed by atoms with Crippen molar-refractivity contribution in [2.45, 2.75) is 13.3 Å². The Balaban J connectivity index is 2.30. The van der Waals surface area contributed by atoms with Crippen molar-refractivity contribution in [2.75, 3.05) is 31.7 Å². The highest BCUT2D eigenvalue weighted by Gasteiger charge is 2.33. The van der Waals surface area contributed by atoms with Crippen molar-refractivity contribution in [1.82, 2.24) is 0 Å². The molecule has 1 heterocycles. The standard InChI is InChI=1S/C14H18N2O5/c1-3-21-12-6-4-5-11(13(12)16(18)19)15-8-7-10(9-15)14(17)20-2/h4-6,10H,3,7-9H2,1-2H3. The minimum absolute atomic E-state index is 0.0511. The van der Waals surface area contributed by atoms with Gasteiger partial charge in [-0.3, -0.25) is 14.9 Å². The van der Waals surface area contributed by atoms with Gasteiger partial charge in [0.05, 0.1) is 24.6 Å². The van der Waals surface area contributed by atoms with Crippen LogP contribution >= 0.6 is 0 Å². The zero-order valence-electron chi connectivity index (χ0n) is 12.1. The molecule has 0 N–H and O–H groups in total. The predicted octanol–water partition coefficient (Wildman–Crippen LogP) is 1.99. The lowest BCUT2D eigenvalue weighted by Gasteiger charge is -2.19. The number of para-hydroxylation sites is 1. The molecule has 21 heavy (non-hydrogen) atoms. The van der Waals surface area contributed by atoms with E-state index in [1.165, 1.54) is 7.11 Å². The maximum atomic E-state index is 11.6. The summed E-state index contributed by atoms with van der Waals surface area (Å²) in [5.74, 6) is -0.270. The fraction of sp³-hybridized carbons (Fsp3) is 0.500. The monoisotopic (exact) mass is 294 g/mol. The van der Waals surface area contributed by atoms with Crippen LogP contribution in [0.4, 0.5) is 11.4 Å². The summed E-state index contributed by atoms with van der Waals surface area (Å²) in [6.07, 6.45) is 0.628. The maximum Gasteiger partial charge on any atom is 0.333 e. The Kier molecular flexibility index (Phi) is 4.62. The van der Waals surface area contributed by atoms with E-state index in [0.717, 1.165) is 0 Å². The molecule has 2 rings (SSSR count). The number of benzene rings is 1. The number of esters is 1. The van der Waals surface area contributed by atoms with Gasteiger partial charge in [0.1, 0.15) is 5.69 Å². The summed E-state index contributed by atoms with van der Waals surface area (Å²) in [6, 6.07) is 4.98. The van der Waals surface area contributed by atoms with Crippen LogP contribution in [0.2, 0.25) is 0 Å². The minimum Gasteiger partial charge on any atom is -0.487 e. The fourth-order valence-corrected chi connectivity index (χ4v) is 2.56. The molecule has 114 valence electrons. The van der Waals surface area contributed by atoms with Crippen molar-refractivity contribution in [2.24, 2.45) is 5.92 Å². The van der Waals surface area contributed by atoms with Crippen molar-refractivity contribution in [3.63, 3.8) is 0 Å². The molecule has 0 saturated carbocycles. The molecule has 1 aliphatic rings. The molecule has 1 atom stereocenters. The second-order valence-electron chi connectivity index (χ2n) is 4.77. The van der Waals surface area contributed by atoms with Crippen LogP contribution in [0.3, 0.4) is 0 Å². The maximum absolute atomic E-state index is 11.6. The molecule has 0 bridgehead atoms. The third kappa shape index (κ3) is 3.07. The molecule has 0 aliphatic carbocycles. The molecule has 0 radical (unpaired) electrons. The molecule has 1 fully saturated rings. The van der Waals surface area contributed by atoms with E-state index in [2.05, 4.69) is 0 Å². The zero-order valence-corrected chi connectivity index (χ0v) is 12.1. The molecule has 1 aromatic rings. The fourth-order valence-electron chi connectivity index (χ4n) is 2.56. The lowest BCUT2D eigenvalue weighted by atomic mass is 10.1. The first-order valence-corrected chi connectivity index (χ1v) is 6.81. The normalized spacial score (nSPS) is 17.6. The van der Waals surface area contributed by atoms with E-state index >= 15 is 0 Å². The van der Waals surface area contributed by atoms with Gasteiger partial charge in [0.15, 0.2) is 5.75 Å². The number of carbonyl (C=O) groups is 1. The molecule has 1 aliphatic heterocycles. The van der Waals surface area contributed by atoms with Crippen LogP contribution in [0.15, 0.2) is 18.2 Å². The number of nitro benzene ring substituents is 1. The molecule has 1 aromatic carbocycles. The first-order chi connectivity index (χ1) is 10.1. The number of nitrogens with zero attached hydrogens (tertiary/aromatic N) is 2. The van der Waals surface area contributed by atoms with Gasteiger partial charge in [-0.25, -0.2) is 0 Å². The predicted molar refractivity (Wildman–Crippen MR) is 76.6 cm³/mol. The van der Waals surface area contributed by atoms with Crippen molar-refractivity contribution in [3.05, 3.63) is 28.3 Å². The largest absolute Gasteiger partial charge is 0.487 e. The van der Waals surface area contributed by atoms with Gasteiger partial charge in [-0.05, 0) is 25.5 Å². The number of rotatable bonds is 5. The van der Waals surface area contributed by atoms with Gasteiger partial charge in [-0.15, -0.1) is 0 Å². The topological polar surface area (TPSA) is 81.9 Å². The van der Waals surface area contributed by atoms with Crippen LogP contribution in [0, 0.1) is 16.0 Å². The van der Waals surface area contributed by atoms with Gasteiger partial charge in [0.2, 0.25) is 0 Å². The van der Waals surface area contributed by atoms with E-state index < -0.39 is 4.92 Å². The molecule has 0 aromatic heterocycles. The average molecular weight is 294 g/mol. The van der Waals surface area contributed by atoms with E-state index in [1.807, 2.05) is 4.90 Å². The van der Waals surface area contributed by atoms with Crippen molar-refractivity contribution in [1.29, 1.82) is 0 Å². The molecule has 1 unspecified atom stereocenters. The third-order valence-electron chi connectivity index (χ3n) is 3.52. The van der Waals surface area contributed by atoms with E-state index in [9.17, 15) is 14.9 Å². The number of nitro groups is 1. The number of anilines is 1. The van der Waals surface area contributed by atoms with E-state index in [1.54, 1.807) is 25.1 Å². The van der Waals surface area contributed by atoms with Crippen LogP contribution in [-0.2, 0) is 9.53 Å². The Morgan fingerprint density at radius 2 is 2.29 bits per heavy atom. The second-order valence-corrected chi connectivity index (χ2v) is 4.77. The van der Waals surface area contributed by atoms with E-state index in [-0.39, 0.29) is 23.3 Å². The van der Waals surface area contributed by atoms with Crippen molar-refractivity contribution < 1.29 is 19.2 Å². The summed E-state index contributed by atoms with van der Waals surface area (Å²) in [6.45, 7) is 3.13. The lowest BCUT2D eigenvalue weighted by molar-refractivity contribution is -0.385. The SMILES string of the molecule is CCOc1cccc(N2CCC(C(=O)OC)C2)c1[N+](=O)[O-]. The number of ether oxygens (including phenoxy) is 2. The quantitative estimate of drug-likeness (QED) is 0.469. The van der Waals surface area contributed by atoms with Gasteiger partial charge in [-0.2, -0.15) is 0 Å². The Morgan fingerprint density at radius 1 is 1.52 bits per heavy atom. The average Bonchev–Trinajstić information content (AvgIpc) is 2.96. The van der Waals surface area contributed by atoms with Gasteiger partial charge >= 0.3 is 11.7 Å². The van der Waals surface area contributed by atoms with Crippen molar-refractivity contribution >= 4 is 17.3 Å². The Hall–Kier alpha value is -2.31. The summed E-state index contributed by atoms with van der Waals surface area (Å²) in [5, 5.41) is 11.4. The highest BCUT2D eigenvalue weighted by atomic mass is 16.6. The Bertz CT molecular complexity index is 546. The minimum atomic E-state index is -0.439. The summed E-state index contributed by atoms with van der Waals surface area (Å²) in [7, 11) is 1.35. The van der Waals surface area contributed by atoms with Gasteiger partial charge < -0.3 is 14.4 Å². The van der Waals surface area contributed by atoms with E-state index in [0.29, 0.717) is 31.8 Å². The van der Waals surface area contributed by atoms with Crippen molar-refractivity contribution in [3.8, 4) is 5.75 Å². The summed E-state index contributed by atoms with van der Waals surface area (Å²) < 4.78 is 10.1. The second kappa shape index (κ2) is 6.43. The molecule has 0 amide bonds. The summed E-state index contributed by atoms with van der Waals surface area (Å²) in [5.41, 5.74) is 0.433. The lowest BCUT2D eigenvalue weighted by Crippen LogP contribution is -2.24. The third-order valence-corrected chi connectivity index (χ3v) is 3.52. The molecule has 0 spiro atoms. The van der Waals surface area contributed by atoms with Gasteiger partial charge in [0.25, 0.3) is 0 Å². The first-order valence-electron chi connectivity index (χ1n) is 6.81. The van der Waals surface area contributed by atoms with Crippen LogP contribution in [0.1, 0.15) is 13.3 Å². The van der Waals surface area contributed by atoms with Crippen LogP contribution < -0.4 is 9.64 Å². The Morgan fingerprint density at radius 3 is 2.90 bits per heavy atom. The van der Waals surface area contributed by atoms with Crippen LogP contribution in [0.5, 0.6) is 5.75 Å². The first kappa shape index (κ1) is 15.1. The zero-order chi connectivity index (χ0) is 15.4. The van der Waals surface area contributed by atoms with Gasteiger partial charge in [0, 0.05) is 13.1 Å².